The van der Waals surface area contributed by atoms with E-state index in [0.717, 1.165) is 11.8 Å². The Kier molecular flexibility index (Phi) is 7.60. The first-order valence-corrected chi connectivity index (χ1v) is 12.4. The van der Waals surface area contributed by atoms with E-state index in [1.807, 2.05) is 13.8 Å². The molecule has 1 fully saturated rings. The van der Waals surface area contributed by atoms with Crippen LogP contribution in [0.1, 0.15) is 24.2 Å². The van der Waals surface area contributed by atoms with E-state index >= 15 is 0 Å². The molecule has 2 aromatic carbocycles. The number of anilines is 1. The standard InChI is InChI=1S/C22H27N3O5S2/c1-15-13-25(14-16(2)30-15)32(28,29)18-11-9-17(10-12-18)21(26)23-19-7-5-6-8-20(19)31-22(27)24(3)4/h5-12,15-16H,13-14H2,1-4H3,(H,23,26). The molecule has 1 saturated heterocycles. The van der Waals surface area contributed by atoms with Gasteiger partial charge in [-0.2, -0.15) is 4.31 Å². The van der Waals surface area contributed by atoms with Crippen LogP contribution >= 0.6 is 11.8 Å². The maximum absolute atomic E-state index is 13.0. The zero-order chi connectivity index (χ0) is 23.5. The van der Waals surface area contributed by atoms with Gasteiger partial charge in [0.2, 0.25) is 10.0 Å². The summed E-state index contributed by atoms with van der Waals surface area (Å²) >= 11 is 1.01. The second kappa shape index (κ2) is 10.0. The summed E-state index contributed by atoms with van der Waals surface area (Å²) in [6.45, 7) is 4.26. The molecular weight excluding hydrogens is 450 g/mol. The first-order valence-electron chi connectivity index (χ1n) is 10.1. The molecule has 172 valence electrons. The number of nitrogens with one attached hydrogen (secondary N) is 1. The molecule has 2 atom stereocenters. The fourth-order valence-electron chi connectivity index (χ4n) is 3.29. The Morgan fingerprint density at radius 3 is 2.22 bits per heavy atom. The average Bonchev–Trinajstić information content (AvgIpc) is 2.74. The highest BCUT2D eigenvalue weighted by atomic mass is 32.2. The summed E-state index contributed by atoms with van der Waals surface area (Å²) in [6, 6.07) is 12.8. The number of hydrogen-bond acceptors (Lipinski definition) is 6. The molecule has 10 heteroatoms. The first kappa shape index (κ1) is 24.2. The summed E-state index contributed by atoms with van der Waals surface area (Å²) in [5.41, 5.74) is 0.817. The molecular formula is C22H27N3O5S2. The number of sulfonamides is 1. The molecule has 0 bridgehead atoms. The molecule has 1 aliphatic heterocycles. The third kappa shape index (κ3) is 5.69. The number of para-hydroxylation sites is 1. The second-order valence-corrected chi connectivity index (χ2v) is 10.7. The van der Waals surface area contributed by atoms with Crippen molar-refractivity contribution in [3.8, 4) is 0 Å². The van der Waals surface area contributed by atoms with Crippen LogP contribution < -0.4 is 5.32 Å². The molecule has 1 aliphatic rings. The van der Waals surface area contributed by atoms with Crippen molar-refractivity contribution in [1.82, 2.24) is 9.21 Å². The van der Waals surface area contributed by atoms with Crippen LogP contribution in [0.4, 0.5) is 10.5 Å². The van der Waals surface area contributed by atoms with E-state index < -0.39 is 15.9 Å². The van der Waals surface area contributed by atoms with Crippen LogP contribution in [0.5, 0.6) is 0 Å². The lowest BCUT2D eigenvalue weighted by molar-refractivity contribution is -0.0440. The zero-order valence-electron chi connectivity index (χ0n) is 18.4. The topological polar surface area (TPSA) is 96.0 Å². The minimum Gasteiger partial charge on any atom is -0.373 e. The summed E-state index contributed by atoms with van der Waals surface area (Å²) in [7, 11) is -0.367. The Hall–Kier alpha value is -2.40. The summed E-state index contributed by atoms with van der Waals surface area (Å²) in [5.74, 6) is -0.395. The number of carbonyl (C=O) groups is 2. The number of hydrogen-bond donors (Lipinski definition) is 1. The molecule has 32 heavy (non-hydrogen) atoms. The summed E-state index contributed by atoms with van der Waals surface area (Å²) in [5, 5.41) is 2.64. The lowest BCUT2D eigenvalue weighted by Gasteiger charge is -2.34. The van der Waals surface area contributed by atoms with E-state index in [0.29, 0.717) is 16.1 Å². The molecule has 2 aromatic rings. The van der Waals surface area contributed by atoms with Crippen LogP contribution in [-0.4, -0.2) is 68.2 Å². The highest BCUT2D eigenvalue weighted by Crippen LogP contribution is 2.29. The maximum Gasteiger partial charge on any atom is 0.286 e. The molecule has 1 heterocycles. The molecule has 1 N–H and O–H groups in total. The Morgan fingerprint density at radius 2 is 1.62 bits per heavy atom. The van der Waals surface area contributed by atoms with Gasteiger partial charge in [-0.15, -0.1) is 0 Å². The largest absolute Gasteiger partial charge is 0.373 e. The van der Waals surface area contributed by atoms with E-state index in [1.165, 1.54) is 33.5 Å². The number of carbonyl (C=O) groups excluding carboxylic acids is 2. The van der Waals surface area contributed by atoms with Gasteiger partial charge in [-0.3, -0.25) is 9.59 Å². The number of nitrogens with zero attached hydrogens (tertiary/aromatic N) is 2. The quantitative estimate of drug-likeness (QED) is 0.662. The van der Waals surface area contributed by atoms with Gasteiger partial charge in [-0.25, -0.2) is 8.42 Å². The second-order valence-electron chi connectivity index (χ2n) is 7.82. The highest BCUT2D eigenvalue weighted by molar-refractivity contribution is 8.13. The van der Waals surface area contributed by atoms with Gasteiger partial charge in [-0.05, 0) is 62.0 Å². The van der Waals surface area contributed by atoms with Crippen molar-refractivity contribution in [2.45, 2.75) is 35.8 Å². The first-order chi connectivity index (χ1) is 15.1. The number of thioether (sulfide) groups is 1. The van der Waals surface area contributed by atoms with Gasteiger partial charge in [-0.1, -0.05) is 12.1 Å². The fourth-order valence-corrected chi connectivity index (χ4v) is 5.63. The Bertz CT molecular complexity index is 1080. The molecule has 8 nitrogen and oxygen atoms in total. The molecule has 0 spiro atoms. The smallest absolute Gasteiger partial charge is 0.286 e. The third-order valence-corrected chi connectivity index (χ3v) is 7.80. The summed E-state index contributed by atoms with van der Waals surface area (Å²) in [4.78, 5) is 27.0. The highest BCUT2D eigenvalue weighted by Gasteiger charge is 2.32. The average molecular weight is 478 g/mol. The van der Waals surface area contributed by atoms with Gasteiger partial charge in [0.1, 0.15) is 0 Å². The molecule has 0 saturated carbocycles. The Balaban J connectivity index is 1.74. The van der Waals surface area contributed by atoms with Crippen molar-refractivity contribution >= 4 is 38.6 Å². The van der Waals surface area contributed by atoms with Gasteiger partial charge < -0.3 is 15.0 Å². The van der Waals surface area contributed by atoms with Crippen LogP contribution in [0.2, 0.25) is 0 Å². The van der Waals surface area contributed by atoms with Crippen molar-refractivity contribution < 1.29 is 22.7 Å². The monoisotopic (exact) mass is 477 g/mol. The third-order valence-electron chi connectivity index (χ3n) is 4.84. The van der Waals surface area contributed by atoms with Crippen LogP contribution in [0.3, 0.4) is 0 Å². The number of ether oxygens (including phenoxy) is 1. The number of benzene rings is 2. The Labute approximate surface area is 193 Å². The molecule has 3 rings (SSSR count). The fraction of sp³-hybridized carbons (Fsp3) is 0.364. The zero-order valence-corrected chi connectivity index (χ0v) is 20.1. The van der Waals surface area contributed by atoms with Crippen LogP contribution in [0.15, 0.2) is 58.3 Å². The number of morpholine rings is 1. The van der Waals surface area contributed by atoms with Crippen molar-refractivity contribution in [1.29, 1.82) is 0 Å². The van der Waals surface area contributed by atoms with Crippen LogP contribution in [0.25, 0.3) is 0 Å². The van der Waals surface area contributed by atoms with Gasteiger partial charge in [0.25, 0.3) is 11.1 Å². The maximum atomic E-state index is 13.0. The molecule has 0 aliphatic carbocycles. The van der Waals surface area contributed by atoms with Crippen molar-refractivity contribution in [3.63, 3.8) is 0 Å². The predicted molar refractivity (Wildman–Crippen MR) is 125 cm³/mol. The van der Waals surface area contributed by atoms with Crippen molar-refractivity contribution in [3.05, 3.63) is 54.1 Å². The van der Waals surface area contributed by atoms with Crippen molar-refractivity contribution in [2.75, 3.05) is 32.5 Å². The van der Waals surface area contributed by atoms with Gasteiger partial charge in [0.15, 0.2) is 0 Å². The predicted octanol–water partition coefficient (Wildman–Crippen LogP) is 3.51. The van der Waals surface area contributed by atoms with E-state index in [4.69, 9.17) is 4.74 Å². The normalized spacial score (nSPS) is 19.4. The van der Waals surface area contributed by atoms with Gasteiger partial charge in [0, 0.05) is 37.6 Å². The lowest BCUT2D eigenvalue weighted by Crippen LogP contribution is -2.48. The summed E-state index contributed by atoms with van der Waals surface area (Å²) < 4.78 is 33.0. The van der Waals surface area contributed by atoms with E-state index in [1.54, 1.807) is 38.4 Å². The molecule has 2 unspecified atom stereocenters. The minimum absolute atomic E-state index is 0.128. The van der Waals surface area contributed by atoms with E-state index in [-0.39, 0.29) is 35.4 Å². The molecule has 0 radical (unpaired) electrons. The summed E-state index contributed by atoms with van der Waals surface area (Å²) in [6.07, 6.45) is -0.369. The van der Waals surface area contributed by atoms with Crippen LogP contribution in [-0.2, 0) is 14.8 Å². The van der Waals surface area contributed by atoms with Gasteiger partial charge >= 0.3 is 0 Å². The number of rotatable bonds is 5. The van der Waals surface area contributed by atoms with Crippen LogP contribution in [0, 0.1) is 0 Å². The molecule has 0 aromatic heterocycles. The van der Waals surface area contributed by atoms with Crippen molar-refractivity contribution in [2.24, 2.45) is 0 Å². The SMILES string of the molecule is CC1CN(S(=O)(=O)c2ccc(C(=O)Nc3ccccc3SC(=O)N(C)C)cc2)CC(C)O1. The van der Waals surface area contributed by atoms with E-state index in [9.17, 15) is 18.0 Å². The number of amides is 2. The lowest BCUT2D eigenvalue weighted by atomic mass is 10.2. The Morgan fingerprint density at radius 1 is 1.03 bits per heavy atom. The van der Waals surface area contributed by atoms with Gasteiger partial charge in [0.05, 0.1) is 22.8 Å². The molecule has 2 amide bonds. The van der Waals surface area contributed by atoms with E-state index in [2.05, 4.69) is 5.32 Å². The minimum atomic E-state index is -3.68.